The van der Waals surface area contributed by atoms with Crippen molar-refractivity contribution in [2.45, 2.75) is 44.9 Å². The normalized spacial score (nSPS) is 17.7. The molecule has 1 amide bonds. The fraction of sp³-hybridized carbons (Fsp3) is 0.417. The highest BCUT2D eigenvalue weighted by Gasteiger charge is 2.37. The predicted octanol–water partition coefficient (Wildman–Crippen LogP) is 4.17. The first kappa shape index (κ1) is 21.8. The van der Waals surface area contributed by atoms with Crippen molar-refractivity contribution in [2.75, 3.05) is 19.6 Å². The van der Waals surface area contributed by atoms with Crippen LogP contribution in [0.1, 0.15) is 44.4 Å². The van der Waals surface area contributed by atoms with Gasteiger partial charge in [0.05, 0.1) is 12.5 Å². The smallest absolute Gasteiger partial charge is 0.410 e. The second-order valence-electron chi connectivity index (χ2n) is 8.64. The summed E-state index contributed by atoms with van der Waals surface area (Å²) in [7, 11) is 0. The molecule has 1 fully saturated rings. The van der Waals surface area contributed by atoms with Crippen LogP contribution in [0.3, 0.4) is 0 Å². The molecular weight excluding hydrogens is 380 g/mol. The molecule has 0 aliphatic carbocycles. The van der Waals surface area contributed by atoms with Gasteiger partial charge in [-0.15, -0.1) is 0 Å². The van der Waals surface area contributed by atoms with E-state index in [0.717, 1.165) is 11.1 Å². The van der Waals surface area contributed by atoms with Gasteiger partial charge in [-0.25, -0.2) is 4.79 Å². The van der Waals surface area contributed by atoms with Crippen LogP contribution < -0.4 is 0 Å². The largest absolute Gasteiger partial charge is 0.481 e. The molecule has 1 saturated heterocycles. The van der Waals surface area contributed by atoms with Crippen LogP contribution in [0.2, 0.25) is 0 Å². The average Bonchev–Trinajstić information content (AvgIpc) is 2.69. The molecule has 3 rings (SSSR count). The van der Waals surface area contributed by atoms with E-state index in [-0.39, 0.29) is 18.5 Å². The zero-order valence-electron chi connectivity index (χ0n) is 17.8. The topological polar surface area (TPSA) is 70.1 Å². The number of carbonyl (C=O) groups excluding carboxylic acids is 1. The third-order valence-electron chi connectivity index (χ3n) is 5.15. The van der Waals surface area contributed by atoms with Crippen molar-refractivity contribution in [1.82, 2.24) is 9.80 Å². The first-order valence-corrected chi connectivity index (χ1v) is 10.3. The molecule has 1 N–H and O–H groups in total. The number of carboxylic acids is 1. The summed E-state index contributed by atoms with van der Waals surface area (Å²) < 4.78 is 5.52. The molecule has 0 unspecified atom stereocenters. The summed E-state index contributed by atoms with van der Waals surface area (Å²) in [6.07, 6.45) is -0.441. The van der Waals surface area contributed by atoms with Gasteiger partial charge in [0.25, 0.3) is 0 Å². The van der Waals surface area contributed by atoms with E-state index in [0.29, 0.717) is 19.6 Å². The summed E-state index contributed by atoms with van der Waals surface area (Å²) in [5.41, 5.74) is 1.61. The molecule has 1 heterocycles. The van der Waals surface area contributed by atoms with Gasteiger partial charge in [-0.2, -0.15) is 0 Å². The molecule has 2 aromatic rings. The Hall–Kier alpha value is -2.86. The number of ether oxygens (including phenoxy) is 1. The number of carbonyl (C=O) groups is 2. The molecule has 30 heavy (non-hydrogen) atoms. The van der Waals surface area contributed by atoms with Crippen molar-refractivity contribution in [1.29, 1.82) is 0 Å². The van der Waals surface area contributed by atoms with Crippen LogP contribution in [0.15, 0.2) is 60.7 Å². The van der Waals surface area contributed by atoms with Crippen LogP contribution in [-0.2, 0) is 9.53 Å². The highest BCUT2D eigenvalue weighted by Crippen LogP contribution is 2.33. The van der Waals surface area contributed by atoms with E-state index in [1.807, 2.05) is 57.2 Å². The van der Waals surface area contributed by atoms with Gasteiger partial charge in [0.2, 0.25) is 0 Å². The Bertz CT molecular complexity index is 809. The van der Waals surface area contributed by atoms with E-state index in [1.165, 1.54) is 0 Å². The maximum atomic E-state index is 12.6. The van der Waals surface area contributed by atoms with Gasteiger partial charge in [-0.05, 0) is 31.9 Å². The Morgan fingerprint density at radius 2 is 1.53 bits per heavy atom. The van der Waals surface area contributed by atoms with Crippen molar-refractivity contribution in [3.63, 3.8) is 0 Å². The molecule has 1 aliphatic heterocycles. The number of nitrogens with zero attached hydrogens (tertiary/aromatic N) is 2. The highest BCUT2D eigenvalue weighted by molar-refractivity contribution is 5.70. The van der Waals surface area contributed by atoms with Crippen LogP contribution in [0, 0.1) is 0 Å². The molecule has 0 radical (unpaired) electrons. The number of aliphatic carboxylic acids is 1. The fourth-order valence-corrected chi connectivity index (χ4v) is 3.93. The van der Waals surface area contributed by atoms with Gasteiger partial charge >= 0.3 is 12.1 Å². The predicted molar refractivity (Wildman–Crippen MR) is 115 cm³/mol. The number of benzene rings is 2. The summed E-state index contributed by atoms with van der Waals surface area (Å²) in [5, 5.41) is 9.56. The van der Waals surface area contributed by atoms with Crippen LogP contribution in [0.25, 0.3) is 0 Å². The molecule has 0 bridgehead atoms. The van der Waals surface area contributed by atoms with Crippen LogP contribution in [0.5, 0.6) is 0 Å². The zero-order chi connectivity index (χ0) is 21.7. The lowest BCUT2D eigenvalue weighted by molar-refractivity contribution is -0.139. The Balaban J connectivity index is 1.91. The van der Waals surface area contributed by atoms with Crippen molar-refractivity contribution >= 4 is 12.1 Å². The van der Waals surface area contributed by atoms with Gasteiger partial charge in [0.15, 0.2) is 0 Å². The Morgan fingerprint density at radius 1 is 1.00 bits per heavy atom. The second-order valence-corrected chi connectivity index (χ2v) is 8.64. The first-order chi connectivity index (χ1) is 14.2. The monoisotopic (exact) mass is 410 g/mol. The minimum atomic E-state index is -0.879. The summed E-state index contributed by atoms with van der Waals surface area (Å²) in [6, 6.07) is 19.8. The first-order valence-electron chi connectivity index (χ1n) is 10.3. The minimum absolute atomic E-state index is 0.0462. The number of rotatable bonds is 5. The molecule has 0 spiro atoms. The molecule has 160 valence electrons. The van der Waals surface area contributed by atoms with Crippen molar-refractivity contribution in [3.8, 4) is 0 Å². The summed E-state index contributed by atoms with van der Waals surface area (Å²) in [4.78, 5) is 28.1. The third-order valence-corrected chi connectivity index (χ3v) is 5.15. The Morgan fingerprint density at radius 3 is 2.00 bits per heavy atom. The molecule has 6 heteroatoms. The molecule has 2 aromatic carbocycles. The minimum Gasteiger partial charge on any atom is -0.481 e. The van der Waals surface area contributed by atoms with Crippen LogP contribution >= 0.6 is 0 Å². The average molecular weight is 411 g/mol. The summed E-state index contributed by atoms with van der Waals surface area (Å²) in [5.74, 6) is -0.879. The van der Waals surface area contributed by atoms with Crippen molar-refractivity contribution in [2.24, 2.45) is 0 Å². The highest BCUT2D eigenvalue weighted by atomic mass is 16.6. The maximum absolute atomic E-state index is 12.6. The summed E-state index contributed by atoms with van der Waals surface area (Å²) in [6.45, 7) is 6.86. The number of carboxylic acid groups (broad SMARTS) is 1. The maximum Gasteiger partial charge on any atom is 0.410 e. The zero-order valence-corrected chi connectivity index (χ0v) is 17.8. The molecule has 1 atom stereocenters. The van der Waals surface area contributed by atoms with Gasteiger partial charge in [-0.1, -0.05) is 60.7 Å². The number of piperazine rings is 1. The molecule has 0 saturated carbocycles. The number of amides is 1. The molecule has 1 aliphatic rings. The molecular formula is C24H30N2O4. The Labute approximate surface area is 178 Å². The van der Waals surface area contributed by atoms with E-state index in [4.69, 9.17) is 4.74 Å². The van der Waals surface area contributed by atoms with E-state index in [9.17, 15) is 14.7 Å². The lowest BCUT2D eigenvalue weighted by Crippen LogP contribution is -2.57. The van der Waals surface area contributed by atoms with Gasteiger partial charge < -0.3 is 14.7 Å². The van der Waals surface area contributed by atoms with Crippen LogP contribution in [-0.4, -0.2) is 58.2 Å². The number of hydrogen-bond donors (Lipinski definition) is 1. The lowest BCUT2D eigenvalue weighted by Gasteiger charge is -2.45. The van der Waals surface area contributed by atoms with Gasteiger partial charge in [0, 0.05) is 25.7 Å². The van der Waals surface area contributed by atoms with Crippen molar-refractivity contribution in [3.05, 3.63) is 71.8 Å². The van der Waals surface area contributed by atoms with E-state index < -0.39 is 17.7 Å². The second kappa shape index (κ2) is 9.30. The van der Waals surface area contributed by atoms with Gasteiger partial charge in [0.1, 0.15) is 5.60 Å². The van der Waals surface area contributed by atoms with Crippen molar-refractivity contribution < 1.29 is 19.4 Å². The summed E-state index contributed by atoms with van der Waals surface area (Å²) >= 11 is 0. The lowest BCUT2D eigenvalue weighted by atomic mass is 9.93. The third kappa shape index (κ3) is 5.60. The van der Waals surface area contributed by atoms with Crippen LogP contribution in [0.4, 0.5) is 4.79 Å². The molecule has 0 aromatic heterocycles. The van der Waals surface area contributed by atoms with Gasteiger partial charge in [-0.3, -0.25) is 9.69 Å². The van der Waals surface area contributed by atoms with E-state index in [1.54, 1.807) is 4.90 Å². The number of hydrogen-bond acceptors (Lipinski definition) is 4. The fourth-order valence-electron chi connectivity index (χ4n) is 3.93. The van der Waals surface area contributed by atoms with E-state index >= 15 is 0 Å². The standard InChI is InChI=1S/C24H30N2O4/c1-24(2,3)30-23(29)25-14-15-26(20(17-25)16-21(27)28)22(18-10-6-4-7-11-18)19-12-8-5-9-13-19/h4-13,20,22H,14-17H2,1-3H3,(H,27,28)/t20-/m1/s1. The Kier molecular flexibility index (Phi) is 6.77. The van der Waals surface area contributed by atoms with E-state index in [2.05, 4.69) is 29.2 Å². The quantitative estimate of drug-likeness (QED) is 0.801. The molecule has 6 nitrogen and oxygen atoms in total. The SMILES string of the molecule is CC(C)(C)OC(=O)N1CCN(C(c2ccccc2)c2ccccc2)[C@H](CC(=O)O)C1.